The van der Waals surface area contributed by atoms with E-state index in [1.54, 1.807) is 10.9 Å². The topological polar surface area (TPSA) is 3.24 Å². The molecule has 1 rings (SSSR count). The standard InChI is InChI=1S/C14H16BN/c1-3-8-14(9-4-2)16(15)12-13-10-6-5-7-11-13/h3-11H,1,12H2,2H3/b9-4-,14-8+. The van der Waals surface area contributed by atoms with Crippen LogP contribution in [0.3, 0.4) is 0 Å². The molecule has 2 radical (unpaired) electrons. The van der Waals surface area contributed by atoms with Crippen molar-refractivity contribution < 1.29 is 0 Å². The van der Waals surface area contributed by atoms with Crippen LogP contribution < -0.4 is 0 Å². The van der Waals surface area contributed by atoms with Crippen LogP contribution in [0.5, 0.6) is 0 Å². The summed E-state index contributed by atoms with van der Waals surface area (Å²) in [5, 5.41) is 0. The van der Waals surface area contributed by atoms with E-state index in [2.05, 4.69) is 18.7 Å². The van der Waals surface area contributed by atoms with E-state index in [0.717, 1.165) is 5.70 Å². The van der Waals surface area contributed by atoms with Crippen LogP contribution in [0.15, 0.2) is 66.9 Å². The van der Waals surface area contributed by atoms with E-state index < -0.39 is 0 Å². The van der Waals surface area contributed by atoms with Crippen LogP contribution in [0.1, 0.15) is 12.5 Å². The molecule has 0 spiro atoms. The summed E-state index contributed by atoms with van der Waals surface area (Å²) in [6, 6.07) is 10.1. The molecule has 0 heterocycles. The normalized spacial score (nSPS) is 11.7. The molecule has 0 bridgehead atoms. The fourth-order valence-corrected chi connectivity index (χ4v) is 1.41. The summed E-state index contributed by atoms with van der Waals surface area (Å²) < 4.78 is 0. The predicted molar refractivity (Wildman–Crippen MR) is 70.8 cm³/mol. The van der Waals surface area contributed by atoms with Crippen molar-refractivity contribution in [3.05, 3.63) is 72.5 Å². The Morgan fingerprint density at radius 3 is 2.62 bits per heavy atom. The highest BCUT2D eigenvalue weighted by atomic mass is 15.0. The van der Waals surface area contributed by atoms with Gasteiger partial charge >= 0.3 is 0 Å². The molecule has 0 N–H and O–H groups in total. The molecule has 0 aliphatic heterocycles. The summed E-state index contributed by atoms with van der Waals surface area (Å²) in [6.07, 6.45) is 7.55. The monoisotopic (exact) mass is 209 g/mol. The fraction of sp³-hybridized carbons (Fsp3) is 0.143. The first-order chi connectivity index (χ1) is 7.77. The van der Waals surface area contributed by atoms with Crippen molar-refractivity contribution in [2.45, 2.75) is 13.5 Å². The van der Waals surface area contributed by atoms with E-state index >= 15 is 0 Å². The first-order valence-electron chi connectivity index (χ1n) is 5.29. The molecule has 0 fully saturated rings. The minimum atomic E-state index is 0.685. The van der Waals surface area contributed by atoms with Crippen LogP contribution in [0.25, 0.3) is 0 Å². The molecule has 0 atom stereocenters. The van der Waals surface area contributed by atoms with E-state index in [-0.39, 0.29) is 0 Å². The van der Waals surface area contributed by atoms with Crippen LogP contribution in [0, 0.1) is 0 Å². The van der Waals surface area contributed by atoms with Crippen LogP contribution in [0.4, 0.5) is 0 Å². The SMILES string of the molecule is [B]N(Cc1ccccc1)C(/C=C\C)=C/C=C. The molecule has 1 aromatic rings. The van der Waals surface area contributed by atoms with Crippen LogP contribution in [-0.2, 0) is 6.54 Å². The van der Waals surface area contributed by atoms with Crippen LogP contribution in [-0.4, -0.2) is 12.8 Å². The maximum atomic E-state index is 5.99. The zero-order chi connectivity index (χ0) is 11.8. The molecule has 1 nitrogen and oxygen atoms in total. The number of hydrogen-bond acceptors (Lipinski definition) is 1. The first kappa shape index (κ1) is 12.4. The van der Waals surface area contributed by atoms with E-state index in [1.165, 1.54) is 5.56 Å². The second-order valence-corrected chi connectivity index (χ2v) is 3.44. The van der Waals surface area contributed by atoms with Gasteiger partial charge in [-0.15, -0.1) is 0 Å². The van der Waals surface area contributed by atoms with Gasteiger partial charge in [0.05, 0.1) is 0 Å². The van der Waals surface area contributed by atoms with Crippen molar-refractivity contribution in [3.63, 3.8) is 0 Å². The van der Waals surface area contributed by atoms with Gasteiger partial charge in [0.2, 0.25) is 7.98 Å². The molecule has 0 unspecified atom stereocenters. The summed E-state index contributed by atoms with van der Waals surface area (Å²) in [6.45, 7) is 6.33. The predicted octanol–water partition coefficient (Wildman–Crippen LogP) is 3.22. The zero-order valence-corrected chi connectivity index (χ0v) is 9.63. The largest absolute Gasteiger partial charge is 0.421 e. The molecule has 0 saturated carbocycles. The third-order valence-corrected chi connectivity index (χ3v) is 2.15. The number of nitrogens with zero attached hydrogens (tertiary/aromatic N) is 1. The zero-order valence-electron chi connectivity index (χ0n) is 9.63. The molecule has 2 heteroatoms. The summed E-state index contributed by atoms with van der Waals surface area (Å²) in [4.78, 5) is 1.71. The summed E-state index contributed by atoms with van der Waals surface area (Å²) in [7, 11) is 5.99. The molecule has 0 aliphatic rings. The van der Waals surface area contributed by atoms with E-state index in [4.69, 9.17) is 7.98 Å². The van der Waals surface area contributed by atoms with Gasteiger partial charge < -0.3 is 4.81 Å². The maximum absolute atomic E-state index is 5.99. The Morgan fingerprint density at radius 2 is 2.06 bits per heavy atom. The highest BCUT2D eigenvalue weighted by molar-refractivity contribution is 6.05. The lowest BCUT2D eigenvalue weighted by atomic mass is 10.1. The second-order valence-electron chi connectivity index (χ2n) is 3.44. The number of allylic oxidation sites excluding steroid dienone is 4. The van der Waals surface area contributed by atoms with Gasteiger partial charge in [0, 0.05) is 12.2 Å². The van der Waals surface area contributed by atoms with Gasteiger partial charge in [-0.25, -0.2) is 0 Å². The summed E-state index contributed by atoms with van der Waals surface area (Å²) in [5.74, 6) is 0. The van der Waals surface area contributed by atoms with E-state index in [0.29, 0.717) is 6.54 Å². The van der Waals surface area contributed by atoms with Gasteiger partial charge in [0.15, 0.2) is 0 Å². The second kappa shape index (κ2) is 6.73. The quantitative estimate of drug-likeness (QED) is 0.531. The Kier molecular flexibility index (Phi) is 5.20. The Labute approximate surface area is 99.2 Å². The Bertz CT molecular complexity index is 379. The van der Waals surface area contributed by atoms with Gasteiger partial charge in [0.1, 0.15) is 0 Å². The maximum Gasteiger partial charge on any atom is 0.227 e. The van der Waals surface area contributed by atoms with Gasteiger partial charge in [-0.3, -0.25) is 0 Å². The fourth-order valence-electron chi connectivity index (χ4n) is 1.41. The van der Waals surface area contributed by atoms with E-state index in [9.17, 15) is 0 Å². The third-order valence-electron chi connectivity index (χ3n) is 2.15. The van der Waals surface area contributed by atoms with E-state index in [1.807, 2.05) is 43.4 Å². The average molecular weight is 209 g/mol. The van der Waals surface area contributed by atoms with Gasteiger partial charge in [-0.2, -0.15) is 0 Å². The molecular formula is C14H16BN. The molecular weight excluding hydrogens is 193 g/mol. The minimum absolute atomic E-state index is 0.685. The van der Waals surface area contributed by atoms with Crippen LogP contribution in [0.2, 0.25) is 0 Å². The lowest BCUT2D eigenvalue weighted by molar-refractivity contribution is 0.566. The van der Waals surface area contributed by atoms with Crippen LogP contribution >= 0.6 is 0 Å². The highest BCUT2D eigenvalue weighted by Crippen LogP contribution is 2.09. The molecule has 0 saturated heterocycles. The number of benzene rings is 1. The van der Waals surface area contributed by atoms with Crippen molar-refractivity contribution in [1.29, 1.82) is 0 Å². The summed E-state index contributed by atoms with van der Waals surface area (Å²) in [5.41, 5.74) is 2.13. The highest BCUT2D eigenvalue weighted by Gasteiger charge is 2.00. The van der Waals surface area contributed by atoms with Gasteiger partial charge in [-0.05, 0) is 24.6 Å². The van der Waals surface area contributed by atoms with Crippen molar-refractivity contribution in [2.24, 2.45) is 0 Å². The Balaban J connectivity index is 2.73. The average Bonchev–Trinajstić information content (AvgIpc) is 2.30. The summed E-state index contributed by atoms with van der Waals surface area (Å²) >= 11 is 0. The van der Waals surface area contributed by atoms with Gasteiger partial charge in [-0.1, -0.05) is 49.1 Å². The number of hydrogen-bond donors (Lipinski definition) is 0. The van der Waals surface area contributed by atoms with Crippen molar-refractivity contribution >= 4 is 7.98 Å². The Hall–Kier alpha value is -1.70. The molecule has 80 valence electrons. The van der Waals surface area contributed by atoms with Crippen molar-refractivity contribution in [2.75, 3.05) is 0 Å². The molecule has 0 aromatic heterocycles. The Morgan fingerprint density at radius 1 is 1.38 bits per heavy atom. The minimum Gasteiger partial charge on any atom is -0.421 e. The van der Waals surface area contributed by atoms with Crippen molar-refractivity contribution in [1.82, 2.24) is 4.81 Å². The molecule has 0 amide bonds. The molecule has 1 aromatic carbocycles. The van der Waals surface area contributed by atoms with Crippen molar-refractivity contribution in [3.8, 4) is 0 Å². The first-order valence-corrected chi connectivity index (χ1v) is 5.29. The third kappa shape index (κ3) is 3.81. The van der Waals surface area contributed by atoms with Gasteiger partial charge in [0.25, 0.3) is 0 Å². The lowest BCUT2D eigenvalue weighted by Gasteiger charge is -2.21. The molecule has 16 heavy (non-hydrogen) atoms. The molecule has 0 aliphatic carbocycles. The lowest BCUT2D eigenvalue weighted by Crippen LogP contribution is -2.17. The smallest absolute Gasteiger partial charge is 0.227 e. The number of rotatable bonds is 5.